The minimum Gasteiger partial charge on any atom is -0.397 e. The molecule has 0 bridgehead atoms. The summed E-state index contributed by atoms with van der Waals surface area (Å²) in [5.74, 6) is 0. The molecule has 0 saturated heterocycles. The van der Waals surface area contributed by atoms with Crippen LogP contribution in [0.4, 0.5) is 11.4 Å². The smallest absolute Gasteiger partial charge is 0.0726 e. The van der Waals surface area contributed by atoms with Crippen LogP contribution in [-0.4, -0.2) is 36.5 Å². The van der Waals surface area contributed by atoms with Crippen LogP contribution in [0.5, 0.6) is 0 Å². The quantitative estimate of drug-likeness (QED) is 0.693. The average Bonchev–Trinajstić information content (AvgIpc) is 2.41. The molecule has 5 nitrogen and oxygen atoms in total. The van der Waals surface area contributed by atoms with E-state index in [0.29, 0.717) is 12.3 Å². The lowest BCUT2D eigenvalue weighted by Gasteiger charge is -2.18. The summed E-state index contributed by atoms with van der Waals surface area (Å²) in [5, 5.41) is 13.3. The van der Waals surface area contributed by atoms with Gasteiger partial charge in [0.1, 0.15) is 0 Å². The first kappa shape index (κ1) is 12.6. The fraction of sp³-hybridized carbons (Fsp3) is 0.308. The monoisotopic (exact) mass is 247 g/mol. The van der Waals surface area contributed by atoms with Crippen molar-refractivity contribution in [3.63, 3.8) is 0 Å². The Labute approximate surface area is 106 Å². The van der Waals surface area contributed by atoms with Crippen molar-refractivity contribution in [2.24, 2.45) is 0 Å². The standard InChI is InChI=1S/C13H17N3O2/c1-18-8-9(7-17)16-12-5-4-11-10(13(12)14)3-2-6-15-11/h2-6,9,16-17H,7-8,14H2,1H3. The molecule has 0 aliphatic heterocycles. The normalized spacial score (nSPS) is 12.6. The number of nitrogens with zero attached hydrogens (tertiary/aromatic N) is 1. The number of fused-ring (bicyclic) bond motifs is 1. The minimum atomic E-state index is -0.175. The van der Waals surface area contributed by atoms with Crippen molar-refractivity contribution in [2.75, 3.05) is 31.4 Å². The fourth-order valence-corrected chi connectivity index (χ4v) is 1.86. The Balaban J connectivity index is 2.31. The summed E-state index contributed by atoms with van der Waals surface area (Å²) >= 11 is 0. The van der Waals surface area contributed by atoms with E-state index in [-0.39, 0.29) is 12.6 Å². The molecule has 0 spiro atoms. The van der Waals surface area contributed by atoms with Crippen molar-refractivity contribution in [3.05, 3.63) is 30.5 Å². The van der Waals surface area contributed by atoms with E-state index in [2.05, 4.69) is 10.3 Å². The first-order chi connectivity index (χ1) is 8.76. The van der Waals surface area contributed by atoms with Crippen LogP contribution in [-0.2, 0) is 4.74 Å². The summed E-state index contributed by atoms with van der Waals surface area (Å²) in [6, 6.07) is 7.36. The van der Waals surface area contributed by atoms with Gasteiger partial charge in [0.05, 0.1) is 36.1 Å². The zero-order valence-corrected chi connectivity index (χ0v) is 10.3. The van der Waals surface area contributed by atoms with Gasteiger partial charge < -0.3 is 20.9 Å². The molecular weight excluding hydrogens is 230 g/mol. The molecule has 0 aliphatic carbocycles. The number of hydrogen-bond acceptors (Lipinski definition) is 5. The third-order valence-electron chi connectivity index (χ3n) is 2.77. The molecule has 2 aromatic rings. The number of benzene rings is 1. The number of nitrogen functional groups attached to an aromatic ring is 1. The SMILES string of the molecule is COCC(CO)Nc1ccc2ncccc2c1N. The van der Waals surface area contributed by atoms with Crippen LogP contribution >= 0.6 is 0 Å². The summed E-state index contributed by atoms with van der Waals surface area (Å²) in [6.07, 6.45) is 1.73. The van der Waals surface area contributed by atoms with Gasteiger partial charge in [0.2, 0.25) is 0 Å². The van der Waals surface area contributed by atoms with Crippen LogP contribution in [0, 0.1) is 0 Å². The maximum Gasteiger partial charge on any atom is 0.0726 e. The van der Waals surface area contributed by atoms with Gasteiger partial charge in [0, 0.05) is 18.7 Å². The van der Waals surface area contributed by atoms with Crippen LogP contribution in [0.3, 0.4) is 0 Å². The van der Waals surface area contributed by atoms with Gasteiger partial charge in [-0.05, 0) is 24.3 Å². The second-order valence-corrected chi connectivity index (χ2v) is 4.08. The number of methoxy groups -OCH3 is 1. The molecule has 96 valence electrons. The van der Waals surface area contributed by atoms with Gasteiger partial charge in [-0.15, -0.1) is 0 Å². The highest BCUT2D eigenvalue weighted by molar-refractivity contribution is 5.96. The number of ether oxygens (including phenoxy) is 1. The van der Waals surface area contributed by atoms with Crippen molar-refractivity contribution < 1.29 is 9.84 Å². The molecule has 1 aromatic carbocycles. The number of hydrogen-bond donors (Lipinski definition) is 3. The Bertz CT molecular complexity index is 531. The lowest BCUT2D eigenvalue weighted by atomic mass is 10.1. The number of nitrogens with two attached hydrogens (primary N) is 1. The molecule has 5 heteroatoms. The Hall–Kier alpha value is -1.85. The van der Waals surface area contributed by atoms with Crippen LogP contribution < -0.4 is 11.1 Å². The maximum absolute atomic E-state index is 9.23. The van der Waals surface area contributed by atoms with Crippen LogP contribution in [0.25, 0.3) is 10.9 Å². The van der Waals surface area contributed by atoms with E-state index in [4.69, 9.17) is 10.5 Å². The lowest BCUT2D eigenvalue weighted by Crippen LogP contribution is -2.29. The predicted molar refractivity (Wildman–Crippen MR) is 72.5 cm³/mol. The van der Waals surface area contributed by atoms with E-state index >= 15 is 0 Å². The van der Waals surface area contributed by atoms with Crippen molar-refractivity contribution in [1.82, 2.24) is 4.98 Å². The number of rotatable bonds is 5. The zero-order chi connectivity index (χ0) is 13.0. The summed E-state index contributed by atoms with van der Waals surface area (Å²) in [4.78, 5) is 4.24. The number of aliphatic hydroxyl groups excluding tert-OH is 1. The van der Waals surface area contributed by atoms with Crippen molar-refractivity contribution in [1.29, 1.82) is 0 Å². The van der Waals surface area contributed by atoms with Gasteiger partial charge in [-0.3, -0.25) is 4.98 Å². The van der Waals surface area contributed by atoms with Gasteiger partial charge in [-0.25, -0.2) is 0 Å². The highest BCUT2D eigenvalue weighted by Gasteiger charge is 2.10. The second-order valence-electron chi connectivity index (χ2n) is 4.08. The molecule has 18 heavy (non-hydrogen) atoms. The Kier molecular flexibility index (Phi) is 3.96. The lowest BCUT2D eigenvalue weighted by molar-refractivity contribution is 0.153. The molecule has 0 aliphatic rings. The van der Waals surface area contributed by atoms with E-state index in [1.807, 2.05) is 24.3 Å². The van der Waals surface area contributed by atoms with Gasteiger partial charge >= 0.3 is 0 Å². The largest absolute Gasteiger partial charge is 0.397 e. The number of pyridine rings is 1. The summed E-state index contributed by atoms with van der Waals surface area (Å²) in [6.45, 7) is 0.402. The molecule has 4 N–H and O–H groups in total. The van der Waals surface area contributed by atoms with Crippen LogP contribution in [0.2, 0.25) is 0 Å². The first-order valence-electron chi connectivity index (χ1n) is 5.75. The van der Waals surface area contributed by atoms with Gasteiger partial charge in [0.15, 0.2) is 0 Å². The minimum absolute atomic E-state index is 0.0155. The van der Waals surface area contributed by atoms with Gasteiger partial charge in [0.25, 0.3) is 0 Å². The highest BCUT2D eigenvalue weighted by Crippen LogP contribution is 2.27. The Morgan fingerprint density at radius 1 is 1.44 bits per heavy atom. The van der Waals surface area contributed by atoms with E-state index in [9.17, 15) is 5.11 Å². The molecule has 2 rings (SSSR count). The Morgan fingerprint density at radius 2 is 2.28 bits per heavy atom. The number of aliphatic hydroxyl groups is 1. The molecule has 1 heterocycles. The molecule has 0 saturated carbocycles. The number of nitrogens with one attached hydrogen (secondary N) is 1. The van der Waals surface area contributed by atoms with Crippen molar-refractivity contribution in [3.8, 4) is 0 Å². The Morgan fingerprint density at radius 3 is 3.00 bits per heavy atom. The topological polar surface area (TPSA) is 80.4 Å². The summed E-state index contributed by atoms with van der Waals surface area (Å²) in [7, 11) is 1.60. The number of anilines is 2. The molecule has 0 radical (unpaired) electrons. The van der Waals surface area contributed by atoms with E-state index in [1.165, 1.54) is 0 Å². The summed E-state index contributed by atoms with van der Waals surface area (Å²) in [5.41, 5.74) is 8.37. The highest BCUT2D eigenvalue weighted by atomic mass is 16.5. The molecule has 1 atom stereocenters. The summed E-state index contributed by atoms with van der Waals surface area (Å²) < 4.78 is 5.02. The second kappa shape index (κ2) is 5.66. The van der Waals surface area contributed by atoms with E-state index in [1.54, 1.807) is 13.3 Å². The third kappa shape index (κ3) is 2.52. The molecule has 1 unspecified atom stereocenters. The van der Waals surface area contributed by atoms with Gasteiger partial charge in [-0.2, -0.15) is 0 Å². The van der Waals surface area contributed by atoms with Gasteiger partial charge in [-0.1, -0.05) is 0 Å². The first-order valence-corrected chi connectivity index (χ1v) is 5.75. The van der Waals surface area contributed by atoms with Crippen LogP contribution in [0.15, 0.2) is 30.5 Å². The van der Waals surface area contributed by atoms with Crippen LogP contribution in [0.1, 0.15) is 0 Å². The maximum atomic E-state index is 9.23. The predicted octanol–water partition coefficient (Wildman–Crippen LogP) is 1.24. The fourth-order valence-electron chi connectivity index (χ4n) is 1.86. The molecule has 1 aromatic heterocycles. The van der Waals surface area contributed by atoms with Crippen molar-refractivity contribution >= 4 is 22.3 Å². The molecule has 0 amide bonds. The van der Waals surface area contributed by atoms with E-state index < -0.39 is 0 Å². The van der Waals surface area contributed by atoms with Crippen molar-refractivity contribution in [2.45, 2.75) is 6.04 Å². The molecule has 0 fully saturated rings. The molecular formula is C13H17N3O2. The average molecular weight is 247 g/mol. The zero-order valence-electron chi connectivity index (χ0n) is 10.3. The van der Waals surface area contributed by atoms with E-state index in [0.717, 1.165) is 16.6 Å². The third-order valence-corrected chi connectivity index (χ3v) is 2.77. The number of aromatic nitrogens is 1.